The Kier molecular flexibility index (Phi) is 4.94. The van der Waals surface area contributed by atoms with Crippen LogP contribution in [-0.4, -0.2) is 12.1 Å². The maximum Gasteiger partial charge on any atom is 0.00695 e. The van der Waals surface area contributed by atoms with Gasteiger partial charge in [0.05, 0.1) is 0 Å². The highest BCUT2D eigenvalue weighted by Crippen LogP contribution is 2.26. The fourth-order valence-electron chi connectivity index (χ4n) is 2.38. The van der Waals surface area contributed by atoms with Crippen molar-refractivity contribution in [3.63, 3.8) is 0 Å². The number of hydrogen-bond acceptors (Lipinski definition) is 1. The molecule has 1 N–H and O–H groups in total. The Hall–Kier alpha value is -0.0400. The summed E-state index contributed by atoms with van der Waals surface area (Å²) in [6.07, 6.45) is 7.25. The molecule has 0 radical (unpaired) electrons. The summed E-state index contributed by atoms with van der Waals surface area (Å²) in [4.78, 5) is 0. The van der Waals surface area contributed by atoms with E-state index in [9.17, 15) is 0 Å². The summed E-state index contributed by atoms with van der Waals surface area (Å²) < 4.78 is 0. The Morgan fingerprint density at radius 1 is 0.929 bits per heavy atom. The van der Waals surface area contributed by atoms with Crippen molar-refractivity contribution in [3.8, 4) is 0 Å². The highest BCUT2D eigenvalue weighted by atomic mass is 14.9. The topological polar surface area (TPSA) is 12.0 Å². The van der Waals surface area contributed by atoms with Gasteiger partial charge in [0.25, 0.3) is 0 Å². The van der Waals surface area contributed by atoms with E-state index < -0.39 is 0 Å². The summed E-state index contributed by atoms with van der Waals surface area (Å²) in [5.74, 6) is 1.69. The molecule has 84 valence electrons. The van der Waals surface area contributed by atoms with Crippen LogP contribution in [0.3, 0.4) is 0 Å². The quantitative estimate of drug-likeness (QED) is 0.726. The number of hydrogen-bond donors (Lipinski definition) is 1. The fraction of sp³-hybridized carbons (Fsp3) is 1.00. The van der Waals surface area contributed by atoms with Gasteiger partial charge in [0, 0.05) is 12.1 Å². The van der Waals surface area contributed by atoms with Crippen molar-refractivity contribution in [2.75, 3.05) is 0 Å². The van der Waals surface area contributed by atoms with Crippen molar-refractivity contribution in [3.05, 3.63) is 0 Å². The van der Waals surface area contributed by atoms with E-state index in [1.54, 1.807) is 0 Å². The molecule has 1 fully saturated rings. The van der Waals surface area contributed by atoms with E-state index >= 15 is 0 Å². The van der Waals surface area contributed by atoms with Gasteiger partial charge >= 0.3 is 0 Å². The minimum atomic E-state index is 0.659. The van der Waals surface area contributed by atoms with Crippen molar-refractivity contribution < 1.29 is 0 Å². The zero-order valence-electron chi connectivity index (χ0n) is 10.3. The van der Waals surface area contributed by atoms with Crippen LogP contribution in [0.25, 0.3) is 0 Å². The summed E-state index contributed by atoms with van der Waals surface area (Å²) in [7, 11) is 0. The van der Waals surface area contributed by atoms with Gasteiger partial charge < -0.3 is 5.32 Å². The molecule has 0 saturated heterocycles. The second-order valence-corrected chi connectivity index (χ2v) is 5.39. The van der Waals surface area contributed by atoms with Gasteiger partial charge in [-0.15, -0.1) is 0 Å². The third kappa shape index (κ3) is 3.61. The highest BCUT2D eigenvalue weighted by Gasteiger charge is 2.21. The van der Waals surface area contributed by atoms with Crippen LogP contribution >= 0.6 is 0 Å². The zero-order chi connectivity index (χ0) is 10.6. The van der Waals surface area contributed by atoms with Crippen molar-refractivity contribution in [1.82, 2.24) is 5.32 Å². The van der Waals surface area contributed by atoms with Crippen LogP contribution in [0.5, 0.6) is 0 Å². The molecule has 2 atom stereocenters. The molecular formula is C13H27N. The molecule has 0 aromatic heterocycles. The van der Waals surface area contributed by atoms with Crippen LogP contribution in [0.1, 0.15) is 59.8 Å². The normalized spacial score (nSPS) is 23.8. The standard InChI is InChI=1S/C13H27N/c1-10(2)11(3)14-12(4)13-8-6-5-7-9-13/h10-14H,5-9H2,1-4H3/t11-,12-/m0/s1. The second kappa shape index (κ2) is 5.75. The molecule has 0 aromatic carbocycles. The van der Waals surface area contributed by atoms with E-state index in [1.165, 1.54) is 32.1 Å². The second-order valence-electron chi connectivity index (χ2n) is 5.39. The van der Waals surface area contributed by atoms with Crippen LogP contribution in [0.2, 0.25) is 0 Å². The molecule has 0 aliphatic heterocycles. The first kappa shape index (κ1) is 12.0. The molecule has 1 nitrogen and oxygen atoms in total. The third-order valence-corrected chi connectivity index (χ3v) is 3.88. The largest absolute Gasteiger partial charge is 0.311 e. The molecule has 14 heavy (non-hydrogen) atoms. The smallest absolute Gasteiger partial charge is 0.00695 e. The summed E-state index contributed by atoms with van der Waals surface area (Å²) >= 11 is 0. The highest BCUT2D eigenvalue weighted by molar-refractivity contribution is 4.78. The van der Waals surface area contributed by atoms with Gasteiger partial charge in [0.2, 0.25) is 0 Å². The van der Waals surface area contributed by atoms with Crippen LogP contribution < -0.4 is 5.32 Å². The first-order chi connectivity index (χ1) is 6.61. The lowest BCUT2D eigenvalue weighted by molar-refractivity contribution is 0.252. The van der Waals surface area contributed by atoms with Crippen molar-refractivity contribution in [1.29, 1.82) is 0 Å². The molecule has 0 heterocycles. The van der Waals surface area contributed by atoms with Gasteiger partial charge in [-0.1, -0.05) is 33.1 Å². The Morgan fingerprint density at radius 2 is 1.50 bits per heavy atom. The van der Waals surface area contributed by atoms with E-state index in [4.69, 9.17) is 0 Å². The molecule has 1 saturated carbocycles. The molecule has 0 unspecified atom stereocenters. The van der Waals surface area contributed by atoms with E-state index in [2.05, 4.69) is 33.0 Å². The molecule has 0 bridgehead atoms. The minimum Gasteiger partial charge on any atom is -0.311 e. The average Bonchev–Trinajstić information content (AvgIpc) is 2.19. The van der Waals surface area contributed by atoms with Crippen LogP contribution in [0.4, 0.5) is 0 Å². The summed E-state index contributed by atoms with van der Waals surface area (Å²) in [5, 5.41) is 3.75. The first-order valence-electron chi connectivity index (χ1n) is 6.37. The molecule has 1 aliphatic rings. The number of rotatable bonds is 4. The lowest BCUT2D eigenvalue weighted by Gasteiger charge is -2.31. The number of nitrogens with one attached hydrogen (secondary N) is 1. The Bertz CT molecular complexity index is 147. The Balaban J connectivity index is 2.28. The third-order valence-electron chi connectivity index (χ3n) is 3.88. The van der Waals surface area contributed by atoms with Crippen LogP contribution in [0, 0.1) is 11.8 Å². The predicted octanol–water partition coefficient (Wildman–Crippen LogP) is 3.59. The summed E-state index contributed by atoms with van der Waals surface area (Å²) in [6, 6.07) is 1.37. The van der Waals surface area contributed by atoms with Crippen molar-refractivity contribution in [2.45, 2.75) is 71.9 Å². The summed E-state index contributed by atoms with van der Waals surface area (Å²) in [5.41, 5.74) is 0. The maximum atomic E-state index is 3.75. The van der Waals surface area contributed by atoms with Gasteiger partial charge in [0.15, 0.2) is 0 Å². The fourth-order valence-corrected chi connectivity index (χ4v) is 2.38. The van der Waals surface area contributed by atoms with Gasteiger partial charge in [0.1, 0.15) is 0 Å². The average molecular weight is 197 g/mol. The monoisotopic (exact) mass is 197 g/mol. The van der Waals surface area contributed by atoms with E-state index in [-0.39, 0.29) is 0 Å². The van der Waals surface area contributed by atoms with Gasteiger partial charge in [-0.05, 0) is 38.5 Å². The van der Waals surface area contributed by atoms with Gasteiger partial charge in [-0.3, -0.25) is 0 Å². The van der Waals surface area contributed by atoms with Crippen molar-refractivity contribution >= 4 is 0 Å². The molecule has 1 rings (SSSR count). The van der Waals surface area contributed by atoms with E-state index in [0.29, 0.717) is 12.1 Å². The van der Waals surface area contributed by atoms with E-state index in [0.717, 1.165) is 11.8 Å². The van der Waals surface area contributed by atoms with Crippen molar-refractivity contribution in [2.24, 2.45) is 11.8 Å². The van der Waals surface area contributed by atoms with E-state index in [1.807, 2.05) is 0 Å². The van der Waals surface area contributed by atoms with Crippen LogP contribution in [-0.2, 0) is 0 Å². The molecule has 0 aromatic rings. The molecule has 1 aliphatic carbocycles. The Labute approximate surface area is 89.7 Å². The molecule has 0 spiro atoms. The lowest BCUT2D eigenvalue weighted by atomic mass is 9.84. The predicted molar refractivity (Wildman–Crippen MR) is 63.5 cm³/mol. The Morgan fingerprint density at radius 3 is 2.00 bits per heavy atom. The first-order valence-corrected chi connectivity index (χ1v) is 6.37. The maximum absolute atomic E-state index is 3.75. The van der Waals surface area contributed by atoms with Gasteiger partial charge in [-0.2, -0.15) is 0 Å². The minimum absolute atomic E-state index is 0.659. The zero-order valence-corrected chi connectivity index (χ0v) is 10.3. The SMILES string of the molecule is CC(C)[C@H](C)N[C@@H](C)C1CCCCC1. The summed E-state index contributed by atoms with van der Waals surface area (Å²) in [6.45, 7) is 9.27. The lowest BCUT2D eigenvalue weighted by Crippen LogP contribution is -2.42. The van der Waals surface area contributed by atoms with Crippen LogP contribution in [0.15, 0.2) is 0 Å². The molecule has 1 heteroatoms. The molecule has 0 amide bonds. The molecular weight excluding hydrogens is 170 g/mol. The van der Waals surface area contributed by atoms with Gasteiger partial charge in [-0.25, -0.2) is 0 Å².